The summed E-state index contributed by atoms with van der Waals surface area (Å²) in [6, 6.07) is 9.02. The number of hydrogen-bond donors (Lipinski definition) is 1. The molecule has 2 aliphatic rings. The molecule has 1 heterocycles. The summed E-state index contributed by atoms with van der Waals surface area (Å²) in [6.45, 7) is 1.94. The molecule has 1 saturated carbocycles. The standard InChI is InChI=1S/C16H20N2O2/c1-2-13-16(20)18(12-9-6-10-12)14(15(19)17-13)11-7-4-3-5-8-11/h3-5,7-8,12-14H,2,6,9-10H2,1H3,(H,17,19). The lowest BCUT2D eigenvalue weighted by atomic mass is 9.86. The zero-order valence-electron chi connectivity index (χ0n) is 11.7. The Kier molecular flexibility index (Phi) is 3.47. The fraction of sp³-hybridized carbons (Fsp3) is 0.500. The maximum atomic E-state index is 12.6. The van der Waals surface area contributed by atoms with Crippen LogP contribution in [0.15, 0.2) is 30.3 Å². The molecule has 3 rings (SSSR count). The van der Waals surface area contributed by atoms with Crippen molar-refractivity contribution in [3.63, 3.8) is 0 Å². The summed E-state index contributed by atoms with van der Waals surface area (Å²) < 4.78 is 0. The van der Waals surface area contributed by atoms with Gasteiger partial charge in [0.25, 0.3) is 0 Å². The SMILES string of the molecule is CCC1NC(=O)C(c2ccccc2)N(C2CCC2)C1=O. The minimum atomic E-state index is -0.461. The van der Waals surface area contributed by atoms with Crippen molar-refractivity contribution in [1.82, 2.24) is 10.2 Å². The van der Waals surface area contributed by atoms with Gasteiger partial charge in [-0.15, -0.1) is 0 Å². The number of benzene rings is 1. The summed E-state index contributed by atoms with van der Waals surface area (Å²) >= 11 is 0. The number of carbonyl (C=O) groups is 2. The molecule has 1 aliphatic carbocycles. The van der Waals surface area contributed by atoms with E-state index in [4.69, 9.17) is 0 Å². The maximum absolute atomic E-state index is 12.6. The Morgan fingerprint density at radius 1 is 1.20 bits per heavy atom. The van der Waals surface area contributed by atoms with Crippen molar-refractivity contribution < 1.29 is 9.59 Å². The fourth-order valence-corrected chi connectivity index (χ4v) is 3.03. The van der Waals surface area contributed by atoms with Crippen molar-refractivity contribution in [1.29, 1.82) is 0 Å². The molecule has 1 saturated heterocycles. The second-order valence-corrected chi connectivity index (χ2v) is 5.61. The fourth-order valence-electron chi connectivity index (χ4n) is 3.03. The van der Waals surface area contributed by atoms with Crippen molar-refractivity contribution in [2.75, 3.05) is 0 Å². The van der Waals surface area contributed by atoms with Crippen LogP contribution in [0.4, 0.5) is 0 Å². The van der Waals surface area contributed by atoms with Crippen LogP contribution < -0.4 is 5.32 Å². The molecule has 1 aliphatic heterocycles. The molecule has 0 aromatic heterocycles. The quantitative estimate of drug-likeness (QED) is 0.915. The number of nitrogens with one attached hydrogen (secondary N) is 1. The van der Waals surface area contributed by atoms with Crippen LogP contribution in [-0.4, -0.2) is 28.8 Å². The van der Waals surface area contributed by atoms with Crippen LogP contribution in [0.3, 0.4) is 0 Å². The second kappa shape index (κ2) is 5.27. The van der Waals surface area contributed by atoms with Crippen molar-refractivity contribution in [2.24, 2.45) is 0 Å². The number of piperazine rings is 1. The Balaban J connectivity index is 1.96. The highest BCUT2D eigenvalue weighted by Gasteiger charge is 2.45. The van der Waals surface area contributed by atoms with Gasteiger partial charge >= 0.3 is 0 Å². The van der Waals surface area contributed by atoms with Gasteiger partial charge in [0.05, 0.1) is 0 Å². The summed E-state index contributed by atoms with van der Waals surface area (Å²) in [6.07, 6.45) is 3.82. The van der Waals surface area contributed by atoms with E-state index in [-0.39, 0.29) is 23.9 Å². The number of nitrogens with zero attached hydrogens (tertiary/aromatic N) is 1. The predicted octanol–water partition coefficient (Wildman–Crippen LogP) is 2.02. The van der Waals surface area contributed by atoms with E-state index in [1.54, 1.807) is 0 Å². The molecular weight excluding hydrogens is 252 g/mol. The molecule has 1 N–H and O–H groups in total. The Hall–Kier alpha value is -1.84. The van der Waals surface area contributed by atoms with E-state index >= 15 is 0 Å². The van der Waals surface area contributed by atoms with E-state index in [1.165, 1.54) is 0 Å². The second-order valence-electron chi connectivity index (χ2n) is 5.61. The monoisotopic (exact) mass is 272 g/mol. The highest BCUT2D eigenvalue weighted by molar-refractivity contribution is 5.97. The van der Waals surface area contributed by atoms with E-state index in [2.05, 4.69) is 5.32 Å². The summed E-state index contributed by atoms with van der Waals surface area (Å²) in [5, 5.41) is 2.87. The molecule has 2 unspecified atom stereocenters. The van der Waals surface area contributed by atoms with E-state index < -0.39 is 6.04 Å². The van der Waals surface area contributed by atoms with Crippen molar-refractivity contribution in [3.05, 3.63) is 35.9 Å². The van der Waals surface area contributed by atoms with Gasteiger partial charge in [0.2, 0.25) is 11.8 Å². The molecule has 0 radical (unpaired) electrons. The van der Waals surface area contributed by atoms with Crippen molar-refractivity contribution in [2.45, 2.75) is 50.7 Å². The zero-order valence-corrected chi connectivity index (χ0v) is 11.7. The first-order valence-electron chi connectivity index (χ1n) is 7.40. The average molecular weight is 272 g/mol. The van der Waals surface area contributed by atoms with Gasteiger partial charge in [-0.25, -0.2) is 0 Å². The van der Waals surface area contributed by atoms with Crippen LogP contribution in [0.1, 0.15) is 44.2 Å². The summed E-state index contributed by atoms with van der Waals surface area (Å²) in [5.74, 6) is 0.0280. The van der Waals surface area contributed by atoms with Gasteiger partial charge < -0.3 is 10.2 Å². The van der Waals surface area contributed by atoms with Gasteiger partial charge in [-0.1, -0.05) is 37.3 Å². The van der Waals surface area contributed by atoms with Crippen LogP contribution in [0, 0.1) is 0 Å². The van der Waals surface area contributed by atoms with Crippen LogP contribution in [-0.2, 0) is 9.59 Å². The normalized spacial score (nSPS) is 27.1. The Bertz CT molecular complexity index is 510. The average Bonchev–Trinajstić information content (AvgIpc) is 2.41. The molecular formula is C16H20N2O2. The highest BCUT2D eigenvalue weighted by atomic mass is 16.2. The molecule has 2 amide bonds. The van der Waals surface area contributed by atoms with Crippen LogP contribution in [0.2, 0.25) is 0 Å². The van der Waals surface area contributed by atoms with Crippen molar-refractivity contribution in [3.8, 4) is 0 Å². The van der Waals surface area contributed by atoms with Gasteiger partial charge in [0.1, 0.15) is 12.1 Å². The summed E-state index contributed by atoms with van der Waals surface area (Å²) in [4.78, 5) is 26.9. The van der Waals surface area contributed by atoms with E-state index in [9.17, 15) is 9.59 Å². The molecule has 106 valence electrons. The number of rotatable bonds is 3. The van der Waals surface area contributed by atoms with Crippen LogP contribution >= 0.6 is 0 Å². The van der Waals surface area contributed by atoms with Gasteiger partial charge in [0.15, 0.2) is 0 Å². The molecule has 1 aromatic rings. The molecule has 1 aromatic carbocycles. The molecule has 4 heteroatoms. The molecule has 2 fully saturated rings. The zero-order chi connectivity index (χ0) is 14.1. The lowest BCUT2D eigenvalue weighted by Gasteiger charge is -2.46. The molecule has 4 nitrogen and oxygen atoms in total. The largest absolute Gasteiger partial charge is 0.342 e. The topological polar surface area (TPSA) is 49.4 Å². The summed E-state index contributed by atoms with van der Waals surface area (Å²) in [5.41, 5.74) is 0.903. The first-order chi connectivity index (χ1) is 9.72. The van der Waals surface area contributed by atoms with E-state index in [1.807, 2.05) is 42.2 Å². The lowest BCUT2D eigenvalue weighted by molar-refractivity contribution is -0.154. The van der Waals surface area contributed by atoms with Gasteiger partial charge in [0, 0.05) is 6.04 Å². The van der Waals surface area contributed by atoms with Gasteiger partial charge in [-0.3, -0.25) is 9.59 Å². The third-order valence-electron chi connectivity index (χ3n) is 4.39. The third kappa shape index (κ3) is 2.09. The minimum Gasteiger partial charge on any atom is -0.342 e. The highest BCUT2D eigenvalue weighted by Crippen LogP contribution is 2.35. The lowest BCUT2D eigenvalue weighted by Crippen LogP contribution is -2.62. The minimum absolute atomic E-state index is 0.0467. The van der Waals surface area contributed by atoms with Gasteiger partial charge in [-0.05, 0) is 31.2 Å². The maximum Gasteiger partial charge on any atom is 0.248 e. The van der Waals surface area contributed by atoms with Gasteiger partial charge in [-0.2, -0.15) is 0 Å². The molecule has 0 spiro atoms. The Morgan fingerprint density at radius 2 is 1.90 bits per heavy atom. The Morgan fingerprint density at radius 3 is 2.45 bits per heavy atom. The number of hydrogen-bond acceptors (Lipinski definition) is 2. The third-order valence-corrected chi connectivity index (χ3v) is 4.39. The number of amides is 2. The van der Waals surface area contributed by atoms with Crippen LogP contribution in [0.25, 0.3) is 0 Å². The van der Waals surface area contributed by atoms with Crippen molar-refractivity contribution >= 4 is 11.8 Å². The molecule has 0 bridgehead atoms. The first-order valence-corrected chi connectivity index (χ1v) is 7.40. The Labute approximate surface area is 119 Å². The van der Waals surface area contributed by atoms with Crippen LogP contribution in [0.5, 0.6) is 0 Å². The summed E-state index contributed by atoms with van der Waals surface area (Å²) in [7, 11) is 0. The number of carbonyl (C=O) groups excluding carboxylic acids is 2. The van der Waals surface area contributed by atoms with E-state index in [0.29, 0.717) is 6.42 Å². The smallest absolute Gasteiger partial charge is 0.248 e. The molecule has 20 heavy (non-hydrogen) atoms. The molecule has 2 atom stereocenters. The predicted molar refractivity (Wildman–Crippen MR) is 75.9 cm³/mol. The first kappa shape index (κ1) is 13.2. The van der Waals surface area contributed by atoms with E-state index in [0.717, 1.165) is 24.8 Å².